The van der Waals surface area contributed by atoms with Crippen molar-refractivity contribution in [2.75, 3.05) is 5.43 Å². The van der Waals surface area contributed by atoms with Gasteiger partial charge in [0.15, 0.2) is 0 Å². The van der Waals surface area contributed by atoms with Gasteiger partial charge >= 0.3 is 0 Å². The van der Waals surface area contributed by atoms with Crippen molar-refractivity contribution in [2.45, 2.75) is 10.6 Å². The van der Waals surface area contributed by atoms with E-state index in [1.54, 1.807) is 23.9 Å². The smallest absolute Gasteiger partial charge is 0.140 e. The molecule has 0 fully saturated rings. The van der Waals surface area contributed by atoms with Crippen molar-refractivity contribution in [3.63, 3.8) is 0 Å². The van der Waals surface area contributed by atoms with Crippen LogP contribution in [0.1, 0.15) is 5.69 Å². The molecule has 0 saturated carbocycles. The van der Waals surface area contributed by atoms with Gasteiger partial charge in [0, 0.05) is 10.6 Å². The van der Waals surface area contributed by atoms with Crippen LogP contribution in [-0.4, -0.2) is 4.98 Å². The third kappa shape index (κ3) is 3.29. The van der Waals surface area contributed by atoms with Crippen molar-refractivity contribution >= 4 is 40.0 Å². The van der Waals surface area contributed by atoms with Crippen LogP contribution in [0.15, 0.2) is 59.5 Å². The summed E-state index contributed by atoms with van der Waals surface area (Å²) in [5.41, 5.74) is 3.36. The van der Waals surface area contributed by atoms with Gasteiger partial charge in [-0.05, 0) is 35.0 Å². The molecule has 106 valence electrons. The number of hydrazine groups is 1. The monoisotopic (exact) mass is 315 g/mol. The van der Waals surface area contributed by atoms with Crippen molar-refractivity contribution in [1.82, 2.24) is 4.98 Å². The largest absolute Gasteiger partial charge is 0.308 e. The second-order valence-corrected chi connectivity index (χ2v) is 6.02. The molecule has 3 rings (SSSR count). The predicted octanol–water partition coefficient (Wildman–Crippen LogP) is 4.47. The van der Waals surface area contributed by atoms with E-state index in [1.807, 2.05) is 12.1 Å². The first-order valence-electron chi connectivity index (χ1n) is 6.50. The van der Waals surface area contributed by atoms with Gasteiger partial charge in [0.1, 0.15) is 5.82 Å². The second-order valence-electron chi connectivity index (χ2n) is 4.57. The first-order chi connectivity index (χ1) is 10.3. The summed E-state index contributed by atoms with van der Waals surface area (Å²) in [6.07, 6.45) is 0. The van der Waals surface area contributed by atoms with E-state index < -0.39 is 0 Å². The summed E-state index contributed by atoms with van der Waals surface area (Å²) in [4.78, 5) is 5.57. The molecule has 3 aromatic rings. The Labute approximate surface area is 132 Å². The van der Waals surface area contributed by atoms with E-state index in [0.29, 0.717) is 16.6 Å². The topological polar surface area (TPSA) is 50.9 Å². The standard InChI is InChI=1S/C16H14ClN3S/c17-14-7-8-16(20-18)19-15(14)10-21-13-6-5-11-3-1-2-4-12(11)9-13/h1-9H,10,18H2,(H,19,20). The summed E-state index contributed by atoms with van der Waals surface area (Å²) in [6.45, 7) is 0. The number of pyridine rings is 1. The van der Waals surface area contributed by atoms with Crippen LogP contribution in [0.2, 0.25) is 5.02 Å². The molecule has 21 heavy (non-hydrogen) atoms. The summed E-state index contributed by atoms with van der Waals surface area (Å²) in [7, 11) is 0. The molecule has 0 amide bonds. The van der Waals surface area contributed by atoms with Gasteiger partial charge in [0.25, 0.3) is 0 Å². The molecule has 3 N–H and O–H groups in total. The maximum Gasteiger partial charge on any atom is 0.140 e. The van der Waals surface area contributed by atoms with Crippen LogP contribution in [0, 0.1) is 0 Å². The Kier molecular flexibility index (Phi) is 4.29. The van der Waals surface area contributed by atoms with E-state index in [4.69, 9.17) is 17.4 Å². The SMILES string of the molecule is NNc1ccc(Cl)c(CSc2ccc3ccccc3c2)n1. The number of hydrogen-bond acceptors (Lipinski definition) is 4. The first-order valence-corrected chi connectivity index (χ1v) is 7.86. The minimum Gasteiger partial charge on any atom is -0.308 e. The van der Waals surface area contributed by atoms with Crippen molar-refractivity contribution in [3.05, 3.63) is 65.3 Å². The van der Waals surface area contributed by atoms with Crippen LogP contribution in [0.5, 0.6) is 0 Å². The normalized spacial score (nSPS) is 10.8. The number of hydrogen-bond donors (Lipinski definition) is 2. The van der Waals surface area contributed by atoms with Crippen LogP contribution in [0.4, 0.5) is 5.82 Å². The van der Waals surface area contributed by atoms with Gasteiger partial charge in [-0.15, -0.1) is 11.8 Å². The van der Waals surface area contributed by atoms with E-state index in [-0.39, 0.29) is 0 Å². The fraction of sp³-hybridized carbons (Fsp3) is 0.0625. The van der Waals surface area contributed by atoms with E-state index in [2.05, 4.69) is 40.7 Å². The number of nitrogens with one attached hydrogen (secondary N) is 1. The molecule has 0 atom stereocenters. The minimum atomic E-state index is 0.619. The number of rotatable bonds is 4. The van der Waals surface area contributed by atoms with E-state index in [1.165, 1.54) is 15.7 Å². The van der Waals surface area contributed by atoms with Crippen LogP contribution in [-0.2, 0) is 5.75 Å². The molecule has 0 saturated heterocycles. The first kappa shape index (κ1) is 14.2. The summed E-state index contributed by atoms with van der Waals surface area (Å²) >= 11 is 7.88. The maximum atomic E-state index is 6.17. The number of aromatic nitrogens is 1. The van der Waals surface area contributed by atoms with Gasteiger partial charge in [-0.3, -0.25) is 0 Å². The molecule has 0 aliphatic carbocycles. The zero-order valence-electron chi connectivity index (χ0n) is 11.2. The number of thioether (sulfide) groups is 1. The second kappa shape index (κ2) is 6.35. The quantitative estimate of drug-likeness (QED) is 0.424. The highest BCUT2D eigenvalue weighted by Crippen LogP contribution is 2.28. The molecule has 0 aliphatic heterocycles. The van der Waals surface area contributed by atoms with Gasteiger partial charge in [-0.25, -0.2) is 10.8 Å². The van der Waals surface area contributed by atoms with Gasteiger partial charge < -0.3 is 5.43 Å². The number of nitrogen functional groups attached to an aromatic ring is 1. The number of halogens is 1. The highest BCUT2D eigenvalue weighted by molar-refractivity contribution is 7.98. The molecule has 1 heterocycles. The lowest BCUT2D eigenvalue weighted by atomic mass is 10.1. The predicted molar refractivity (Wildman–Crippen MR) is 90.6 cm³/mol. The lowest BCUT2D eigenvalue weighted by molar-refractivity contribution is 1.14. The molecule has 0 radical (unpaired) electrons. The third-order valence-electron chi connectivity index (χ3n) is 3.16. The third-order valence-corrected chi connectivity index (χ3v) is 4.51. The number of nitrogens with two attached hydrogens (primary N) is 1. The molecule has 0 unspecified atom stereocenters. The molecule has 0 aliphatic rings. The van der Waals surface area contributed by atoms with Crippen molar-refractivity contribution in [2.24, 2.45) is 5.84 Å². The highest BCUT2D eigenvalue weighted by Gasteiger charge is 2.05. The average molecular weight is 316 g/mol. The zero-order valence-corrected chi connectivity index (χ0v) is 12.8. The van der Waals surface area contributed by atoms with Crippen molar-refractivity contribution in [1.29, 1.82) is 0 Å². The highest BCUT2D eigenvalue weighted by atomic mass is 35.5. The molecule has 0 spiro atoms. The van der Waals surface area contributed by atoms with Crippen LogP contribution >= 0.6 is 23.4 Å². The Bertz CT molecular complexity index is 776. The summed E-state index contributed by atoms with van der Waals surface area (Å²) in [6, 6.07) is 18.3. The fourth-order valence-corrected chi connectivity index (χ4v) is 3.22. The lowest BCUT2D eigenvalue weighted by Crippen LogP contribution is -2.09. The van der Waals surface area contributed by atoms with Gasteiger partial charge in [0.05, 0.1) is 10.7 Å². The Hall–Kier alpha value is -1.75. The molecular formula is C16H14ClN3S. The zero-order chi connectivity index (χ0) is 14.7. The molecule has 2 aromatic carbocycles. The van der Waals surface area contributed by atoms with Crippen LogP contribution < -0.4 is 11.3 Å². The summed E-state index contributed by atoms with van der Waals surface area (Å²) < 4.78 is 0. The average Bonchev–Trinajstić information content (AvgIpc) is 2.54. The maximum absolute atomic E-state index is 6.17. The molecule has 5 heteroatoms. The Morgan fingerprint density at radius 2 is 1.86 bits per heavy atom. The van der Waals surface area contributed by atoms with Crippen molar-refractivity contribution in [3.8, 4) is 0 Å². The summed E-state index contributed by atoms with van der Waals surface area (Å²) in [5, 5.41) is 3.13. The van der Waals surface area contributed by atoms with Crippen LogP contribution in [0.25, 0.3) is 10.8 Å². The van der Waals surface area contributed by atoms with Crippen molar-refractivity contribution < 1.29 is 0 Å². The van der Waals surface area contributed by atoms with Crippen LogP contribution in [0.3, 0.4) is 0 Å². The molecule has 1 aromatic heterocycles. The van der Waals surface area contributed by atoms with E-state index in [0.717, 1.165) is 5.69 Å². The molecular weight excluding hydrogens is 302 g/mol. The van der Waals surface area contributed by atoms with Gasteiger partial charge in [-0.1, -0.05) is 41.9 Å². The number of anilines is 1. The molecule has 3 nitrogen and oxygen atoms in total. The lowest BCUT2D eigenvalue weighted by Gasteiger charge is -2.07. The Morgan fingerprint density at radius 3 is 2.67 bits per heavy atom. The van der Waals surface area contributed by atoms with Gasteiger partial charge in [-0.2, -0.15) is 0 Å². The fourth-order valence-electron chi connectivity index (χ4n) is 2.07. The van der Waals surface area contributed by atoms with Gasteiger partial charge in [0.2, 0.25) is 0 Å². The van der Waals surface area contributed by atoms with E-state index >= 15 is 0 Å². The number of fused-ring (bicyclic) bond motifs is 1. The number of nitrogens with zero attached hydrogens (tertiary/aromatic N) is 1. The Balaban J connectivity index is 1.80. The summed E-state index contributed by atoms with van der Waals surface area (Å²) in [5.74, 6) is 6.70. The Morgan fingerprint density at radius 1 is 1.05 bits per heavy atom. The van der Waals surface area contributed by atoms with E-state index in [9.17, 15) is 0 Å². The minimum absolute atomic E-state index is 0.619. The molecule has 0 bridgehead atoms. The number of benzene rings is 2.